The van der Waals surface area contributed by atoms with E-state index in [0.29, 0.717) is 6.07 Å². The van der Waals surface area contributed by atoms with E-state index in [2.05, 4.69) is 0 Å². The van der Waals surface area contributed by atoms with Gasteiger partial charge in [0.25, 0.3) is 11.7 Å². The molecule has 1 aliphatic rings. The fourth-order valence-electron chi connectivity index (χ4n) is 1.67. The second-order valence-corrected chi connectivity index (χ2v) is 3.73. The molecule has 0 saturated heterocycles. The van der Waals surface area contributed by atoms with Crippen LogP contribution in [0.2, 0.25) is 0 Å². The number of benzene rings is 1. The molecule has 2 rings (SSSR count). The van der Waals surface area contributed by atoms with Crippen molar-refractivity contribution in [2.75, 3.05) is 5.32 Å². The minimum absolute atomic E-state index is 0.184. The second kappa shape index (κ2) is 3.72. The normalized spacial score (nSPS) is 15.5. The van der Waals surface area contributed by atoms with Crippen LogP contribution >= 0.6 is 0 Å². The molecule has 1 N–H and O–H groups in total. The first-order valence-corrected chi connectivity index (χ1v) is 4.70. The lowest BCUT2D eigenvalue weighted by Crippen LogP contribution is -2.16. The molecule has 3 nitrogen and oxygen atoms in total. The number of fused-ring (bicyclic) bond motifs is 1. The molecule has 0 radical (unpaired) electrons. The van der Waals surface area contributed by atoms with Gasteiger partial charge in [-0.15, -0.1) is 0 Å². The molecule has 1 aromatic carbocycles. The third kappa shape index (κ3) is 2.15. The molecule has 1 heterocycles. The Bertz CT molecular complexity index is 587. The van der Waals surface area contributed by atoms with Crippen molar-refractivity contribution in [3.05, 3.63) is 28.8 Å². The van der Waals surface area contributed by atoms with Crippen LogP contribution in [0.1, 0.15) is 21.5 Å². The van der Waals surface area contributed by atoms with Crippen molar-refractivity contribution in [3.8, 4) is 0 Å². The Morgan fingerprint density at radius 1 is 0.895 bits per heavy atom. The molecule has 0 spiro atoms. The summed E-state index contributed by atoms with van der Waals surface area (Å²) in [5, 5.41) is 1.68. The molecule has 0 unspecified atom stereocenters. The lowest BCUT2D eigenvalue weighted by atomic mass is 10.00. The summed E-state index contributed by atoms with van der Waals surface area (Å²) in [5.74, 6) is -2.89. The maximum absolute atomic E-state index is 12.7. The van der Waals surface area contributed by atoms with Gasteiger partial charge in [0.05, 0.1) is 22.4 Å². The Morgan fingerprint density at radius 2 is 1.47 bits per heavy atom. The molecule has 0 aliphatic carbocycles. The van der Waals surface area contributed by atoms with E-state index in [1.807, 2.05) is 0 Å². The van der Waals surface area contributed by atoms with Gasteiger partial charge >= 0.3 is 12.4 Å². The maximum Gasteiger partial charge on any atom is 0.417 e. The molecule has 1 amide bonds. The van der Waals surface area contributed by atoms with E-state index in [-0.39, 0.29) is 6.07 Å². The monoisotopic (exact) mass is 283 g/mol. The molecule has 9 heteroatoms. The Hall–Kier alpha value is -2.06. The molecule has 0 fully saturated rings. The van der Waals surface area contributed by atoms with Crippen molar-refractivity contribution in [2.45, 2.75) is 12.4 Å². The number of ketones is 1. The Kier molecular flexibility index (Phi) is 2.62. The number of Topliss-reactive ketones (excluding diaryl/α,β-unsaturated/α-hetero) is 1. The molecule has 19 heavy (non-hydrogen) atoms. The van der Waals surface area contributed by atoms with Gasteiger partial charge in [0.15, 0.2) is 0 Å². The van der Waals surface area contributed by atoms with Gasteiger partial charge in [-0.2, -0.15) is 26.3 Å². The topological polar surface area (TPSA) is 46.2 Å². The summed E-state index contributed by atoms with van der Waals surface area (Å²) in [7, 11) is 0. The van der Waals surface area contributed by atoms with Gasteiger partial charge in [-0.3, -0.25) is 9.59 Å². The van der Waals surface area contributed by atoms with Crippen molar-refractivity contribution >= 4 is 17.4 Å². The van der Waals surface area contributed by atoms with Crippen LogP contribution in [0, 0.1) is 0 Å². The number of anilines is 1. The number of alkyl halides is 6. The van der Waals surface area contributed by atoms with Crippen LogP contribution in [0.15, 0.2) is 12.1 Å². The average Bonchev–Trinajstić information content (AvgIpc) is 2.51. The highest BCUT2D eigenvalue weighted by molar-refractivity contribution is 6.52. The van der Waals surface area contributed by atoms with Gasteiger partial charge in [0.2, 0.25) is 0 Å². The molecular weight excluding hydrogens is 280 g/mol. The number of hydrogen-bond donors (Lipinski definition) is 1. The highest BCUT2D eigenvalue weighted by atomic mass is 19.4. The van der Waals surface area contributed by atoms with E-state index >= 15 is 0 Å². The summed E-state index contributed by atoms with van der Waals surface area (Å²) in [6.45, 7) is 0. The zero-order chi connectivity index (χ0) is 14.6. The van der Waals surface area contributed by atoms with Gasteiger partial charge < -0.3 is 5.32 Å². The SMILES string of the molecule is O=C1Nc2cc(C(F)(F)F)cc(C(F)(F)F)c2C1=O. The van der Waals surface area contributed by atoms with Crippen molar-refractivity contribution in [3.63, 3.8) is 0 Å². The second-order valence-electron chi connectivity index (χ2n) is 3.73. The Morgan fingerprint density at radius 3 is 1.95 bits per heavy atom. The zero-order valence-corrected chi connectivity index (χ0v) is 8.74. The average molecular weight is 283 g/mol. The fourth-order valence-corrected chi connectivity index (χ4v) is 1.67. The van der Waals surface area contributed by atoms with Crippen LogP contribution in [0.3, 0.4) is 0 Å². The van der Waals surface area contributed by atoms with E-state index in [1.165, 1.54) is 0 Å². The molecule has 0 atom stereocenters. The number of amides is 1. The number of rotatable bonds is 0. The van der Waals surface area contributed by atoms with E-state index in [0.717, 1.165) is 0 Å². The molecule has 0 saturated carbocycles. The predicted octanol–water partition coefficient (Wildman–Crippen LogP) is 2.86. The van der Waals surface area contributed by atoms with E-state index in [4.69, 9.17) is 0 Å². The van der Waals surface area contributed by atoms with Crippen LogP contribution in [0.4, 0.5) is 32.0 Å². The minimum atomic E-state index is -5.17. The third-order valence-corrected chi connectivity index (χ3v) is 2.45. The van der Waals surface area contributed by atoms with Crippen molar-refractivity contribution < 1.29 is 35.9 Å². The summed E-state index contributed by atoms with van der Waals surface area (Å²) in [5.41, 5.74) is -5.23. The highest BCUT2D eigenvalue weighted by Crippen LogP contribution is 2.42. The summed E-state index contributed by atoms with van der Waals surface area (Å²) < 4.78 is 75.3. The van der Waals surface area contributed by atoms with Crippen molar-refractivity contribution in [1.29, 1.82) is 0 Å². The zero-order valence-electron chi connectivity index (χ0n) is 8.74. The van der Waals surface area contributed by atoms with E-state index in [1.54, 1.807) is 5.32 Å². The quantitative estimate of drug-likeness (QED) is 0.588. The summed E-state index contributed by atoms with van der Waals surface area (Å²) in [6, 6.07) is 0.115. The predicted molar refractivity (Wildman–Crippen MR) is 49.4 cm³/mol. The first-order chi connectivity index (χ1) is 8.51. The minimum Gasteiger partial charge on any atom is -0.318 e. The molecule has 0 bridgehead atoms. The summed E-state index contributed by atoms with van der Waals surface area (Å²) in [4.78, 5) is 22.2. The molecule has 0 aromatic heterocycles. The summed E-state index contributed by atoms with van der Waals surface area (Å²) in [6.07, 6.45) is -10.2. The molecule has 1 aliphatic heterocycles. The van der Waals surface area contributed by atoms with E-state index < -0.39 is 46.4 Å². The highest BCUT2D eigenvalue weighted by Gasteiger charge is 2.44. The fraction of sp³-hybridized carbons (Fsp3) is 0.200. The molecular formula is C10H3F6NO2. The van der Waals surface area contributed by atoms with Crippen LogP contribution in [-0.2, 0) is 17.1 Å². The molecule has 102 valence electrons. The number of halogens is 6. The standard InChI is InChI=1S/C10H3F6NO2/c11-9(12,13)3-1-4(10(14,15)16)6-5(2-3)17-8(19)7(6)18/h1-2H,(H,17,18,19). The first kappa shape index (κ1) is 13.4. The lowest BCUT2D eigenvalue weighted by molar-refractivity contribution is -0.143. The van der Waals surface area contributed by atoms with Gasteiger partial charge in [0, 0.05) is 0 Å². The van der Waals surface area contributed by atoms with Crippen LogP contribution in [0.5, 0.6) is 0 Å². The van der Waals surface area contributed by atoms with Crippen LogP contribution in [0.25, 0.3) is 0 Å². The van der Waals surface area contributed by atoms with Gasteiger partial charge in [-0.05, 0) is 12.1 Å². The van der Waals surface area contributed by atoms with Gasteiger partial charge in [-0.1, -0.05) is 0 Å². The van der Waals surface area contributed by atoms with Crippen molar-refractivity contribution in [2.24, 2.45) is 0 Å². The Labute approximate surface area is 101 Å². The number of nitrogens with one attached hydrogen (secondary N) is 1. The Balaban J connectivity index is 2.76. The maximum atomic E-state index is 12.7. The van der Waals surface area contributed by atoms with Gasteiger partial charge in [-0.25, -0.2) is 0 Å². The van der Waals surface area contributed by atoms with Crippen molar-refractivity contribution in [1.82, 2.24) is 0 Å². The van der Waals surface area contributed by atoms with Crippen LogP contribution < -0.4 is 5.32 Å². The van der Waals surface area contributed by atoms with E-state index in [9.17, 15) is 35.9 Å². The third-order valence-electron chi connectivity index (χ3n) is 2.45. The van der Waals surface area contributed by atoms with Crippen LogP contribution in [-0.4, -0.2) is 11.7 Å². The molecule has 1 aromatic rings. The number of hydrogen-bond acceptors (Lipinski definition) is 2. The number of carbonyl (C=O) groups excluding carboxylic acids is 2. The largest absolute Gasteiger partial charge is 0.417 e. The lowest BCUT2D eigenvalue weighted by Gasteiger charge is -2.14. The van der Waals surface area contributed by atoms with Gasteiger partial charge in [0.1, 0.15) is 0 Å². The smallest absolute Gasteiger partial charge is 0.318 e. The number of carbonyl (C=O) groups is 2. The first-order valence-electron chi connectivity index (χ1n) is 4.70. The summed E-state index contributed by atoms with van der Waals surface area (Å²) >= 11 is 0.